The quantitative estimate of drug-likeness (QED) is 0.858. The van der Waals surface area contributed by atoms with Crippen LogP contribution in [-0.2, 0) is 9.53 Å². The standard InChI is InChI=1S/C12H19F3N2O4/c1-8-4-16(6-11(2,3)21-8)10(20)17(5-9(18)19)7-12(13,14)15/h8H,4-7H2,1-3H3,(H,18,19). The van der Waals surface area contributed by atoms with E-state index in [1.54, 1.807) is 20.8 Å². The van der Waals surface area contributed by atoms with Crippen molar-refractivity contribution in [1.29, 1.82) is 0 Å². The minimum atomic E-state index is -4.65. The van der Waals surface area contributed by atoms with E-state index >= 15 is 0 Å². The number of carbonyl (C=O) groups is 2. The molecule has 1 atom stereocenters. The van der Waals surface area contributed by atoms with Crippen LogP contribution >= 0.6 is 0 Å². The second-order valence-electron chi connectivity index (χ2n) is 5.72. The van der Waals surface area contributed by atoms with Crippen LogP contribution in [0.2, 0.25) is 0 Å². The van der Waals surface area contributed by atoms with Gasteiger partial charge < -0.3 is 19.6 Å². The second kappa shape index (κ2) is 6.08. The molecule has 0 aromatic heterocycles. The highest BCUT2D eigenvalue weighted by molar-refractivity contribution is 5.80. The van der Waals surface area contributed by atoms with Gasteiger partial charge in [-0.15, -0.1) is 0 Å². The molecule has 1 aliphatic rings. The van der Waals surface area contributed by atoms with Crippen molar-refractivity contribution in [2.75, 3.05) is 26.2 Å². The molecule has 1 heterocycles. The van der Waals surface area contributed by atoms with Gasteiger partial charge in [0.25, 0.3) is 0 Å². The Kier molecular flexibility index (Phi) is 5.08. The average molecular weight is 312 g/mol. The molecular weight excluding hydrogens is 293 g/mol. The number of amides is 2. The van der Waals surface area contributed by atoms with Crippen LogP contribution in [0.1, 0.15) is 20.8 Å². The second-order valence-corrected chi connectivity index (χ2v) is 5.72. The smallest absolute Gasteiger partial charge is 0.406 e. The van der Waals surface area contributed by atoms with E-state index in [0.29, 0.717) is 0 Å². The third-order valence-corrected chi connectivity index (χ3v) is 2.81. The Balaban J connectivity index is 2.86. The summed E-state index contributed by atoms with van der Waals surface area (Å²) >= 11 is 0. The predicted molar refractivity (Wildman–Crippen MR) is 66.9 cm³/mol. The van der Waals surface area contributed by atoms with Crippen molar-refractivity contribution in [2.24, 2.45) is 0 Å². The summed E-state index contributed by atoms with van der Waals surface area (Å²) in [5, 5.41) is 8.68. The van der Waals surface area contributed by atoms with E-state index < -0.39 is 36.9 Å². The Labute approximate surface area is 120 Å². The predicted octanol–water partition coefficient (Wildman–Crippen LogP) is 1.55. The maximum absolute atomic E-state index is 12.5. The molecule has 0 radical (unpaired) electrons. The zero-order valence-electron chi connectivity index (χ0n) is 12.1. The summed E-state index contributed by atoms with van der Waals surface area (Å²) in [5.74, 6) is -1.49. The van der Waals surface area contributed by atoms with E-state index in [-0.39, 0.29) is 24.1 Å². The molecule has 0 bridgehead atoms. The van der Waals surface area contributed by atoms with Crippen LogP contribution in [0, 0.1) is 0 Å². The van der Waals surface area contributed by atoms with Gasteiger partial charge in [0, 0.05) is 6.54 Å². The molecule has 1 aliphatic heterocycles. The first-order valence-electron chi connectivity index (χ1n) is 6.40. The summed E-state index contributed by atoms with van der Waals surface area (Å²) in [4.78, 5) is 24.3. The minimum Gasteiger partial charge on any atom is -0.480 e. The maximum Gasteiger partial charge on any atom is 0.406 e. The fourth-order valence-corrected chi connectivity index (χ4v) is 2.37. The van der Waals surface area contributed by atoms with E-state index in [9.17, 15) is 22.8 Å². The lowest BCUT2D eigenvalue weighted by molar-refractivity contribution is -0.152. The molecule has 1 saturated heterocycles. The summed E-state index contributed by atoms with van der Waals surface area (Å²) < 4.78 is 43.0. The number of carboxylic acids is 1. The average Bonchev–Trinajstić information content (AvgIpc) is 2.21. The molecule has 0 aromatic carbocycles. The number of aliphatic carboxylic acids is 1. The van der Waals surface area contributed by atoms with E-state index in [2.05, 4.69) is 0 Å². The van der Waals surface area contributed by atoms with Gasteiger partial charge in [-0.2, -0.15) is 13.2 Å². The molecule has 6 nitrogen and oxygen atoms in total. The van der Waals surface area contributed by atoms with Gasteiger partial charge in [0.1, 0.15) is 13.1 Å². The third kappa shape index (κ3) is 5.78. The van der Waals surface area contributed by atoms with Crippen LogP contribution in [0.4, 0.5) is 18.0 Å². The lowest BCUT2D eigenvalue weighted by atomic mass is 10.1. The lowest BCUT2D eigenvalue weighted by Gasteiger charge is -2.43. The van der Waals surface area contributed by atoms with E-state index in [1.807, 2.05) is 0 Å². The Morgan fingerprint density at radius 1 is 1.43 bits per heavy atom. The van der Waals surface area contributed by atoms with Gasteiger partial charge in [0.15, 0.2) is 0 Å². The molecule has 1 rings (SSSR count). The maximum atomic E-state index is 12.5. The first-order valence-corrected chi connectivity index (χ1v) is 6.40. The van der Waals surface area contributed by atoms with Crippen LogP contribution in [-0.4, -0.2) is 71.0 Å². The van der Waals surface area contributed by atoms with Crippen molar-refractivity contribution in [3.05, 3.63) is 0 Å². The number of alkyl halides is 3. The number of hydrogen-bond acceptors (Lipinski definition) is 3. The van der Waals surface area contributed by atoms with Crippen molar-refractivity contribution in [3.63, 3.8) is 0 Å². The third-order valence-electron chi connectivity index (χ3n) is 2.81. The van der Waals surface area contributed by atoms with Gasteiger partial charge in [0.05, 0.1) is 18.2 Å². The SMILES string of the molecule is CC1CN(C(=O)N(CC(=O)O)CC(F)(F)F)CC(C)(C)O1. The topological polar surface area (TPSA) is 70.1 Å². The molecule has 1 unspecified atom stereocenters. The molecule has 122 valence electrons. The molecule has 0 aliphatic carbocycles. The first-order chi connectivity index (χ1) is 9.39. The van der Waals surface area contributed by atoms with Crippen molar-refractivity contribution >= 4 is 12.0 Å². The molecule has 0 spiro atoms. The van der Waals surface area contributed by atoms with Crippen molar-refractivity contribution in [3.8, 4) is 0 Å². The van der Waals surface area contributed by atoms with Gasteiger partial charge in [-0.1, -0.05) is 0 Å². The number of ether oxygens (including phenoxy) is 1. The van der Waals surface area contributed by atoms with Gasteiger partial charge in [-0.25, -0.2) is 4.79 Å². The molecule has 1 fully saturated rings. The molecule has 9 heteroatoms. The summed E-state index contributed by atoms with van der Waals surface area (Å²) in [6, 6.07) is -0.946. The van der Waals surface area contributed by atoms with Gasteiger partial charge in [-0.05, 0) is 20.8 Å². The largest absolute Gasteiger partial charge is 0.480 e. The fraction of sp³-hybridized carbons (Fsp3) is 0.833. The fourth-order valence-electron chi connectivity index (χ4n) is 2.37. The van der Waals surface area contributed by atoms with Crippen LogP contribution < -0.4 is 0 Å². The Morgan fingerprint density at radius 3 is 2.43 bits per heavy atom. The van der Waals surface area contributed by atoms with Crippen molar-refractivity contribution < 1.29 is 32.6 Å². The summed E-state index contributed by atoms with van der Waals surface area (Å²) in [6.07, 6.45) is -4.99. The Hall–Kier alpha value is -1.51. The Morgan fingerprint density at radius 2 is 2.00 bits per heavy atom. The number of carboxylic acid groups (broad SMARTS) is 1. The summed E-state index contributed by atoms with van der Waals surface area (Å²) in [6.45, 7) is 2.77. The van der Waals surface area contributed by atoms with Crippen LogP contribution in [0.5, 0.6) is 0 Å². The molecule has 0 saturated carbocycles. The van der Waals surface area contributed by atoms with Crippen molar-refractivity contribution in [1.82, 2.24) is 9.80 Å². The zero-order valence-corrected chi connectivity index (χ0v) is 12.1. The Bertz CT molecular complexity index is 412. The number of carbonyl (C=O) groups excluding carboxylic acids is 1. The van der Waals surface area contributed by atoms with Gasteiger partial charge >= 0.3 is 18.2 Å². The monoisotopic (exact) mass is 312 g/mol. The lowest BCUT2D eigenvalue weighted by Crippen LogP contribution is -2.58. The number of nitrogens with zero attached hydrogens (tertiary/aromatic N) is 2. The number of urea groups is 1. The highest BCUT2D eigenvalue weighted by Gasteiger charge is 2.39. The number of rotatable bonds is 3. The highest BCUT2D eigenvalue weighted by Crippen LogP contribution is 2.23. The molecule has 2 amide bonds. The van der Waals surface area contributed by atoms with E-state index in [0.717, 1.165) is 0 Å². The number of morpholine rings is 1. The molecule has 21 heavy (non-hydrogen) atoms. The number of hydrogen-bond donors (Lipinski definition) is 1. The van der Waals surface area contributed by atoms with E-state index in [1.165, 1.54) is 4.90 Å². The summed E-state index contributed by atoms with van der Waals surface area (Å²) in [7, 11) is 0. The van der Waals surface area contributed by atoms with Gasteiger partial charge in [-0.3, -0.25) is 4.79 Å². The van der Waals surface area contributed by atoms with Crippen LogP contribution in [0.3, 0.4) is 0 Å². The summed E-state index contributed by atoms with van der Waals surface area (Å²) in [5.41, 5.74) is -0.694. The zero-order chi connectivity index (χ0) is 16.4. The van der Waals surface area contributed by atoms with E-state index in [4.69, 9.17) is 9.84 Å². The van der Waals surface area contributed by atoms with Crippen LogP contribution in [0.25, 0.3) is 0 Å². The molecular formula is C12H19F3N2O4. The first kappa shape index (κ1) is 17.5. The van der Waals surface area contributed by atoms with Gasteiger partial charge in [0.2, 0.25) is 0 Å². The van der Waals surface area contributed by atoms with Crippen molar-refractivity contribution in [2.45, 2.75) is 38.7 Å². The molecule has 0 aromatic rings. The highest BCUT2D eigenvalue weighted by atomic mass is 19.4. The normalized spacial score (nSPS) is 22.0. The minimum absolute atomic E-state index is 0.101. The van der Waals surface area contributed by atoms with Crippen LogP contribution in [0.15, 0.2) is 0 Å². The molecule has 1 N–H and O–H groups in total. The number of halogens is 3.